The van der Waals surface area contributed by atoms with Crippen LogP contribution in [0.4, 0.5) is 4.39 Å². The third-order valence-electron chi connectivity index (χ3n) is 3.38. The highest BCUT2D eigenvalue weighted by Gasteiger charge is 2.12. The van der Waals surface area contributed by atoms with Crippen LogP contribution in [0.15, 0.2) is 24.3 Å². The maximum absolute atomic E-state index is 13.2. The van der Waals surface area contributed by atoms with E-state index in [1.807, 2.05) is 18.0 Å². The number of unbranched alkanes of at least 4 members (excludes halogenated alkanes) is 1. The fourth-order valence-electron chi connectivity index (χ4n) is 2.24. The minimum Gasteiger partial charge on any atom is -0.298 e. The van der Waals surface area contributed by atoms with E-state index >= 15 is 0 Å². The summed E-state index contributed by atoms with van der Waals surface area (Å²) in [4.78, 5) is 11.6. The highest BCUT2D eigenvalue weighted by atomic mass is 19.1. The SMILES string of the molecule is CCCCN(CC(=O)CC)NC(C)Cc1cccc(F)c1. The Bertz CT molecular complexity index is 437. The normalized spacial score (nSPS) is 12.6. The zero-order chi connectivity index (χ0) is 15.7. The third-order valence-corrected chi connectivity index (χ3v) is 3.38. The molecule has 0 fully saturated rings. The van der Waals surface area contributed by atoms with E-state index in [2.05, 4.69) is 19.3 Å². The molecule has 1 rings (SSSR count). The molecule has 0 aliphatic carbocycles. The Balaban J connectivity index is 2.53. The molecule has 1 unspecified atom stereocenters. The van der Waals surface area contributed by atoms with Gasteiger partial charge in [-0.1, -0.05) is 32.4 Å². The van der Waals surface area contributed by atoms with Crippen LogP contribution in [-0.2, 0) is 11.2 Å². The molecule has 0 saturated heterocycles. The predicted octanol–water partition coefficient (Wildman–Crippen LogP) is 3.34. The van der Waals surface area contributed by atoms with Gasteiger partial charge in [-0.2, -0.15) is 0 Å². The second-order valence-electron chi connectivity index (χ2n) is 5.53. The molecule has 0 aliphatic heterocycles. The van der Waals surface area contributed by atoms with Gasteiger partial charge in [0, 0.05) is 19.0 Å². The molecule has 21 heavy (non-hydrogen) atoms. The van der Waals surface area contributed by atoms with Gasteiger partial charge in [0.1, 0.15) is 11.6 Å². The smallest absolute Gasteiger partial charge is 0.148 e. The Morgan fingerprint density at radius 1 is 1.38 bits per heavy atom. The first-order valence-electron chi connectivity index (χ1n) is 7.82. The van der Waals surface area contributed by atoms with Crippen molar-refractivity contribution >= 4 is 5.78 Å². The lowest BCUT2D eigenvalue weighted by Gasteiger charge is -2.26. The molecule has 0 aliphatic rings. The number of carbonyl (C=O) groups is 1. The number of nitrogens with zero attached hydrogens (tertiary/aromatic N) is 1. The first-order valence-corrected chi connectivity index (χ1v) is 7.82. The second-order valence-corrected chi connectivity index (χ2v) is 5.53. The molecule has 118 valence electrons. The van der Waals surface area contributed by atoms with Crippen LogP contribution >= 0.6 is 0 Å². The molecule has 1 atom stereocenters. The Hall–Kier alpha value is -1.26. The number of carbonyl (C=O) groups excluding carboxylic acids is 1. The van der Waals surface area contributed by atoms with Crippen molar-refractivity contribution in [3.8, 4) is 0 Å². The summed E-state index contributed by atoms with van der Waals surface area (Å²) in [7, 11) is 0. The Morgan fingerprint density at radius 3 is 2.76 bits per heavy atom. The van der Waals surface area contributed by atoms with Crippen LogP contribution in [0.25, 0.3) is 0 Å². The lowest BCUT2D eigenvalue weighted by atomic mass is 10.1. The van der Waals surface area contributed by atoms with Crippen molar-refractivity contribution in [1.29, 1.82) is 0 Å². The van der Waals surface area contributed by atoms with E-state index in [-0.39, 0.29) is 17.6 Å². The summed E-state index contributed by atoms with van der Waals surface area (Å²) in [6.45, 7) is 7.37. The number of benzene rings is 1. The van der Waals surface area contributed by atoms with Crippen molar-refractivity contribution < 1.29 is 9.18 Å². The van der Waals surface area contributed by atoms with Crippen LogP contribution in [0.3, 0.4) is 0 Å². The van der Waals surface area contributed by atoms with E-state index < -0.39 is 0 Å². The fourth-order valence-corrected chi connectivity index (χ4v) is 2.24. The first-order chi connectivity index (χ1) is 10.0. The summed E-state index contributed by atoms with van der Waals surface area (Å²) in [6, 6.07) is 6.83. The van der Waals surface area contributed by atoms with Gasteiger partial charge in [0.25, 0.3) is 0 Å². The maximum Gasteiger partial charge on any atom is 0.148 e. The third kappa shape index (κ3) is 7.34. The number of ketones is 1. The van der Waals surface area contributed by atoms with Gasteiger partial charge in [-0.15, -0.1) is 0 Å². The van der Waals surface area contributed by atoms with E-state index in [9.17, 15) is 9.18 Å². The van der Waals surface area contributed by atoms with Gasteiger partial charge in [0.05, 0.1) is 6.54 Å². The number of Topliss-reactive ketones (excluding diaryl/α,β-unsaturated/α-hetero) is 1. The van der Waals surface area contributed by atoms with Crippen molar-refractivity contribution in [3.05, 3.63) is 35.6 Å². The van der Waals surface area contributed by atoms with Crippen LogP contribution in [0, 0.1) is 5.82 Å². The maximum atomic E-state index is 13.2. The molecule has 4 heteroatoms. The van der Waals surface area contributed by atoms with Gasteiger partial charge in [0.2, 0.25) is 0 Å². The molecule has 0 spiro atoms. The zero-order valence-electron chi connectivity index (χ0n) is 13.4. The molecule has 0 aromatic heterocycles. The Morgan fingerprint density at radius 2 is 2.14 bits per heavy atom. The molecular formula is C17H27FN2O. The Kier molecular flexibility index (Phi) is 8.16. The average Bonchev–Trinajstić information content (AvgIpc) is 2.44. The summed E-state index contributed by atoms with van der Waals surface area (Å²) in [5, 5.41) is 2.00. The number of rotatable bonds is 10. The molecular weight excluding hydrogens is 267 g/mol. The van der Waals surface area contributed by atoms with Gasteiger partial charge >= 0.3 is 0 Å². The number of hydrogen-bond donors (Lipinski definition) is 1. The zero-order valence-corrected chi connectivity index (χ0v) is 13.4. The van der Waals surface area contributed by atoms with Crippen LogP contribution in [-0.4, -0.2) is 29.9 Å². The van der Waals surface area contributed by atoms with Crippen molar-refractivity contribution in [2.24, 2.45) is 0 Å². The fraction of sp³-hybridized carbons (Fsp3) is 0.588. The highest BCUT2D eigenvalue weighted by molar-refractivity contribution is 5.80. The van der Waals surface area contributed by atoms with Crippen molar-refractivity contribution in [2.75, 3.05) is 13.1 Å². The summed E-state index contributed by atoms with van der Waals surface area (Å²) < 4.78 is 13.2. The van der Waals surface area contributed by atoms with Crippen LogP contribution < -0.4 is 5.43 Å². The van der Waals surface area contributed by atoms with E-state index in [1.54, 1.807) is 12.1 Å². The quantitative estimate of drug-likeness (QED) is 0.672. The predicted molar refractivity (Wildman–Crippen MR) is 84.5 cm³/mol. The van der Waals surface area contributed by atoms with Gasteiger partial charge < -0.3 is 0 Å². The summed E-state index contributed by atoms with van der Waals surface area (Å²) in [5.41, 5.74) is 4.34. The molecule has 0 amide bonds. The van der Waals surface area contributed by atoms with Crippen molar-refractivity contribution in [1.82, 2.24) is 10.4 Å². The molecule has 1 aromatic carbocycles. The molecule has 1 N–H and O–H groups in total. The second kappa shape index (κ2) is 9.64. The van der Waals surface area contributed by atoms with E-state index in [1.165, 1.54) is 6.07 Å². The van der Waals surface area contributed by atoms with Crippen LogP contribution in [0.1, 0.15) is 45.6 Å². The minimum atomic E-state index is -0.205. The minimum absolute atomic E-state index is 0.160. The van der Waals surface area contributed by atoms with E-state index in [0.29, 0.717) is 13.0 Å². The first kappa shape index (κ1) is 17.8. The summed E-state index contributed by atoms with van der Waals surface area (Å²) >= 11 is 0. The number of hydrazine groups is 1. The topological polar surface area (TPSA) is 32.3 Å². The highest BCUT2D eigenvalue weighted by Crippen LogP contribution is 2.07. The van der Waals surface area contributed by atoms with E-state index in [0.717, 1.165) is 31.4 Å². The molecule has 0 saturated carbocycles. The van der Waals surface area contributed by atoms with Gasteiger partial charge in [-0.3, -0.25) is 10.2 Å². The lowest BCUT2D eigenvalue weighted by Crippen LogP contribution is -2.47. The number of halogens is 1. The van der Waals surface area contributed by atoms with Gasteiger partial charge in [0.15, 0.2) is 0 Å². The molecule has 0 radical (unpaired) electrons. The van der Waals surface area contributed by atoms with Gasteiger partial charge in [-0.25, -0.2) is 9.40 Å². The molecule has 0 heterocycles. The Labute approximate surface area is 127 Å². The average molecular weight is 294 g/mol. The van der Waals surface area contributed by atoms with Crippen molar-refractivity contribution in [2.45, 2.75) is 52.5 Å². The monoisotopic (exact) mass is 294 g/mol. The van der Waals surface area contributed by atoms with Crippen molar-refractivity contribution in [3.63, 3.8) is 0 Å². The van der Waals surface area contributed by atoms with Crippen LogP contribution in [0.2, 0.25) is 0 Å². The standard InChI is InChI=1S/C17H27FN2O/c1-4-6-10-20(13-17(21)5-2)19-14(3)11-15-8-7-9-16(18)12-15/h7-9,12,14,19H,4-6,10-11,13H2,1-3H3. The lowest BCUT2D eigenvalue weighted by molar-refractivity contribution is -0.120. The summed E-state index contributed by atoms with van der Waals surface area (Å²) in [6.07, 6.45) is 3.44. The summed E-state index contributed by atoms with van der Waals surface area (Å²) in [5.74, 6) is 0.0280. The van der Waals surface area contributed by atoms with Crippen LogP contribution in [0.5, 0.6) is 0 Å². The van der Waals surface area contributed by atoms with Gasteiger partial charge in [-0.05, 0) is 37.5 Å². The largest absolute Gasteiger partial charge is 0.298 e. The van der Waals surface area contributed by atoms with E-state index in [4.69, 9.17) is 0 Å². The number of nitrogens with one attached hydrogen (secondary N) is 1. The number of hydrogen-bond acceptors (Lipinski definition) is 3. The molecule has 3 nitrogen and oxygen atoms in total. The molecule has 1 aromatic rings. The molecule has 0 bridgehead atoms.